The van der Waals surface area contributed by atoms with Gasteiger partial charge >= 0.3 is 0 Å². The van der Waals surface area contributed by atoms with Crippen molar-refractivity contribution in [2.45, 2.75) is 71.1 Å². The molecule has 0 N–H and O–H groups in total. The van der Waals surface area contributed by atoms with Crippen LogP contribution in [0, 0.1) is 10.8 Å². The van der Waals surface area contributed by atoms with Gasteiger partial charge in [0.15, 0.2) is 0 Å². The lowest BCUT2D eigenvalue weighted by molar-refractivity contribution is 0.0459. The van der Waals surface area contributed by atoms with Gasteiger partial charge in [0.05, 0.1) is 0 Å². The lowest BCUT2D eigenvalue weighted by Crippen LogP contribution is -2.43. The number of rotatable bonds is 0. The van der Waals surface area contributed by atoms with Gasteiger partial charge in [0, 0.05) is 0 Å². The van der Waals surface area contributed by atoms with Gasteiger partial charge in [0.2, 0.25) is 0 Å². The van der Waals surface area contributed by atoms with Gasteiger partial charge in [-0.3, -0.25) is 0 Å². The standard InChI is InChI=1S/C15H24/c1-14-9-3-2-7-13(14)8-6-12-15(14)10-4-5-11-15/h8H,2-7,9-12H2,1H3. The lowest BCUT2D eigenvalue weighted by Gasteiger charge is -2.53. The summed E-state index contributed by atoms with van der Waals surface area (Å²) in [4.78, 5) is 0. The van der Waals surface area contributed by atoms with Crippen LogP contribution in [0.5, 0.6) is 0 Å². The fraction of sp³-hybridized carbons (Fsp3) is 0.867. The van der Waals surface area contributed by atoms with Crippen LogP contribution >= 0.6 is 0 Å². The molecule has 3 aliphatic carbocycles. The van der Waals surface area contributed by atoms with E-state index in [4.69, 9.17) is 0 Å². The molecule has 0 aromatic rings. The Kier molecular flexibility index (Phi) is 2.23. The SMILES string of the molecule is CC12CCCCC1=CCCC21CCCC1. The Morgan fingerprint density at radius 3 is 2.47 bits per heavy atom. The molecule has 0 saturated heterocycles. The molecule has 1 unspecified atom stereocenters. The third-order valence-electron chi connectivity index (χ3n) is 5.83. The zero-order chi connectivity index (χ0) is 10.4. The lowest BCUT2D eigenvalue weighted by atomic mass is 9.51. The maximum Gasteiger partial charge on any atom is -0.00599 e. The molecule has 0 aromatic heterocycles. The molecule has 1 spiro atoms. The fourth-order valence-electron chi connectivity index (χ4n) is 4.82. The smallest absolute Gasteiger partial charge is 0.00599 e. The normalized spacial score (nSPS) is 38.9. The molecular formula is C15H24. The molecule has 0 bridgehead atoms. The van der Waals surface area contributed by atoms with Crippen molar-refractivity contribution in [2.24, 2.45) is 10.8 Å². The molecule has 84 valence electrons. The number of hydrogen-bond donors (Lipinski definition) is 0. The monoisotopic (exact) mass is 204 g/mol. The van der Waals surface area contributed by atoms with Gasteiger partial charge in [-0.25, -0.2) is 0 Å². The average Bonchev–Trinajstić information content (AvgIpc) is 2.70. The molecule has 2 saturated carbocycles. The summed E-state index contributed by atoms with van der Waals surface area (Å²) in [6.45, 7) is 2.60. The zero-order valence-corrected chi connectivity index (χ0v) is 10.1. The second kappa shape index (κ2) is 3.37. The second-order valence-corrected chi connectivity index (χ2v) is 6.29. The number of allylic oxidation sites excluding steroid dienone is 2. The van der Waals surface area contributed by atoms with Crippen molar-refractivity contribution in [1.82, 2.24) is 0 Å². The summed E-state index contributed by atoms with van der Waals surface area (Å²) in [6.07, 6.45) is 17.4. The summed E-state index contributed by atoms with van der Waals surface area (Å²) in [5.41, 5.74) is 3.19. The van der Waals surface area contributed by atoms with Crippen LogP contribution in [0.1, 0.15) is 71.1 Å². The predicted octanol–water partition coefficient (Wildman–Crippen LogP) is 4.85. The molecule has 3 aliphatic rings. The molecule has 0 heteroatoms. The first kappa shape index (κ1) is 9.93. The highest BCUT2D eigenvalue weighted by atomic mass is 14.6. The van der Waals surface area contributed by atoms with Gasteiger partial charge in [-0.15, -0.1) is 0 Å². The van der Waals surface area contributed by atoms with Crippen molar-refractivity contribution in [3.8, 4) is 0 Å². The third kappa shape index (κ3) is 1.26. The van der Waals surface area contributed by atoms with Crippen molar-refractivity contribution in [3.05, 3.63) is 11.6 Å². The van der Waals surface area contributed by atoms with Gasteiger partial charge in [-0.05, 0) is 55.8 Å². The van der Waals surface area contributed by atoms with E-state index in [1.165, 1.54) is 64.2 Å². The van der Waals surface area contributed by atoms with E-state index in [9.17, 15) is 0 Å². The summed E-state index contributed by atoms with van der Waals surface area (Å²) in [6, 6.07) is 0. The largest absolute Gasteiger partial charge is 0.0847 e. The summed E-state index contributed by atoms with van der Waals surface area (Å²) >= 11 is 0. The summed E-state index contributed by atoms with van der Waals surface area (Å²) in [5, 5.41) is 0. The highest BCUT2D eigenvalue weighted by Crippen LogP contribution is 2.63. The van der Waals surface area contributed by atoms with E-state index in [1.54, 1.807) is 0 Å². The number of fused-ring (bicyclic) bond motifs is 2. The molecule has 3 rings (SSSR count). The van der Waals surface area contributed by atoms with Crippen LogP contribution in [-0.4, -0.2) is 0 Å². The van der Waals surface area contributed by atoms with Crippen LogP contribution in [0.4, 0.5) is 0 Å². The molecule has 0 aliphatic heterocycles. The van der Waals surface area contributed by atoms with Crippen molar-refractivity contribution < 1.29 is 0 Å². The molecule has 0 aromatic carbocycles. The van der Waals surface area contributed by atoms with Crippen LogP contribution in [-0.2, 0) is 0 Å². The van der Waals surface area contributed by atoms with E-state index in [0.717, 1.165) is 5.41 Å². The van der Waals surface area contributed by atoms with E-state index in [0.29, 0.717) is 5.41 Å². The summed E-state index contributed by atoms with van der Waals surface area (Å²) in [7, 11) is 0. The number of hydrogen-bond acceptors (Lipinski definition) is 0. The molecule has 0 amide bonds. The minimum Gasteiger partial charge on any atom is -0.0847 e. The van der Waals surface area contributed by atoms with Crippen LogP contribution in [0.3, 0.4) is 0 Å². The van der Waals surface area contributed by atoms with Crippen molar-refractivity contribution in [2.75, 3.05) is 0 Å². The molecule has 0 nitrogen and oxygen atoms in total. The van der Waals surface area contributed by atoms with Gasteiger partial charge in [-0.2, -0.15) is 0 Å². The molecule has 0 heterocycles. The predicted molar refractivity (Wildman–Crippen MR) is 64.8 cm³/mol. The van der Waals surface area contributed by atoms with Crippen LogP contribution in [0.25, 0.3) is 0 Å². The Labute approximate surface area is 94.1 Å². The van der Waals surface area contributed by atoms with Crippen molar-refractivity contribution in [1.29, 1.82) is 0 Å². The Bertz CT molecular complexity index is 280. The maximum atomic E-state index is 2.60. The molecular weight excluding hydrogens is 180 g/mol. The Morgan fingerprint density at radius 1 is 0.933 bits per heavy atom. The minimum absolute atomic E-state index is 0.611. The minimum atomic E-state index is 0.611. The fourth-order valence-corrected chi connectivity index (χ4v) is 4.82. The first-order chi connectivity index (χ1) is 7.27. The van der Waals surface area contributed by atoms with Crippen LogP contribution < -0.4 is 0 Å². The summed E-state index contributed by atoms with van der Waals surface area (Å²) in [5.74, 6) is 0. The van der Waals surface area contributed by atoms with Crippen molar-refractivity contribution in [3.63, 3.8) is 0 Å². The second-order valence-electron chi connectivity index (χ2n) is 6.29. The first-order valence-corrected chi connectivity index (χ1v) is 6.96. The quantitative estimate of drug-likeness (QED) is 0.495. The van der Waals surface area contributed by atoms with E-state index in [2.05, 4.69) is 13.0 Å². The topological polar surface area (TPSA) is 0 Å². The average molecular weight is 204 g/mol. The molecule has 1 atom stereocenters. The molecule has 2 fully saturated rings. The molecule has 15 heavy (non-hydrogen) atoms. The van der Waals surface area contributed by atoms with Crippen molar-refractivity contribution >= 4 is 0 Å². The van der Waals surface area contributed by atoms with E-state index < -0.39 is 0 Å². The van der Waals surface area contributed by atoms with Gasteiger partial charge in [0.25, 0.3) is 0 Å². The van der Waals surface area contributed by atoms with Gasteiger partial charge in [0.1, 0.15) is 0 Å². The van der Waals surface area contributed by atoms with Crippen LogP contribution in [0.15, 0.2) is 11.6 Å². The van der Waals surface area contributed by atoms with Gasteiger partial charge < -0.3 is 0 Å². The molecule has 0 radical (unpaired) electrons. The highest BCUT2D eigenvalue weighted by Gasteiger charge is 2.52. The Balaban J connectivity index is 2.00. The van der Waals surface area contributed by atoms with E-state index in [-0.39, 0.29) is 0 Å². The van der Waals surface area contributed by atoms with Gasteiger partial charge in [-0.1, -0.05) is 37.8 Å². The zero-order valence-electron chi connectivity index (χ0n) is 10.1. The van der Waals surface area contributed by atoms with E-state index >= 15 is 0 Å². The first-order valence-electron chi connectivity index (χ1n) is 6.96. The Hall–Kier alpha value is -0.260. The maximum absolute atomic E-state index is 2.60. The third-order valence-corrected chi connectivity index (χ3v) is 5.83. The van der Waals surface area contributed by atoms with Crippen LogP contribution in [0.2, 0.25) is 0 Å². The summed E-state index contributed by atoms with van der Waals surface area (Å²) < 4.78 is 0. The Morgan fingerprint density at radius 2 is 1.67 bits per heavy atom. The highest BCUT2D eigenvalue weighted by molar-refractivity contribution is 5.25. The van der Waals surface area contributed by atoms with E-state index in [1.807, 2.05) is 5.57 Å².